The summed E-state index contributed by atoms with van der Waals surface area (Å²) in [7, 11) is 0. The van der Waals surface area contributed by atoms with E-state index in [0.29, 0.717) is 23.0 Å². The molecule has 0 spiro atoms. The van der Waals surface area contributed by atoms with Gasteiger partial charge in [-0.1, -0.05) is 23.7 Å². The number of hydrogen-bond acceptors (Lipinski definition) is 4. The number of hydrogen-bond donors (Lipinski definition) is 2. The molecule has 0 saturated heterocycles. The number of nitrogens with zero attached hydrogens (tertiary/aromatic N) is 2. The van der Waals surface area contributed by atoms with E-state index in [1.54, 1.807) is 47.4 Å². The van der Waals surface area contributed by atoms with Crippen LogP contribution < -0.4 is 15.4 Å². The number of halogens is 1. The molecule has 2 amide bonds. The third-order valence-corrected chi connectivity index (χ3v) is 4.30. The van der Waals surface area contributed by atoms with Crippen LogP contribution in [0.5, 0.6) is 5.75 Å². The Morgan fingerprint density at radius 3 is 2.76 bits per heavy atom. The molecule has 2 N–H and O–H groups in total. The zero-order valence-electron chi connectivity index (χ0n) is 15.9. The highest BCUT2D eigenvalue weighted by Crippen LogP contribution is 2.21. The molecule has 3 aromatic rings. The number of carbonyl (C=O) groups is 2. The summed E-state index contributed by atoms with van der Waals surface area (Å²) in [6.45, 7) is 2.23. The summed E-state index contributed by atoms with van der Waals surface area (Å²) in [6.07, 6.45) is 3.34. The van der Waals surface area contributed by atoms with Crippen molar-refractivity contribution in [1.82, 2.24) is 15.1 Å². The molecule has 3 rings (SSSR count). The maximum absolute atomic E-state index is 12.1. The summed E-state index contributed by atoms with van der Waals surface area (Å²) in [5.41, 5.74) is 2.38. The molecule has 0 aliphatic carbocycles. The number of ether oxygens (including phenoxy) is 1. The van der Waals surface area contributed by atoms with Gasteiger partial charge >= 0.3 is 0 Å². The van der Waals surface area contributed by atoms with Crippen LogP contribution in [0.25, 0.3) is 0 Å². The van der Waals surface area contributed by atoms with Gasteiger partial charge in [0.2, 0.25) is 5.91 Å². The molecular weight excluding hydrogens is 392 g/mol. The van der Waals surface area contributed by atoms with Gasteiger partial charge in [0, 0.05) is 29.6 Å². The fourth-order valence-corrected chi connectivity index (χ4v) is 2.90. The van der Waals surface area contributed by atoms with Gasteiger partial charge < -0.3 is 15.4 Å². The summed E-state index contributed by atoms with van der Waals surface area (Å²) in [5, 5.41) is 10.2. The van der Waals surface area contributed by atoms with Crippen LogP contribution in [0.15, 0.2) is 60.9 Å². The van der Waals surface area contributed by atoms with Crippen molar-refractivity contribution in [3.8, 4) is 5.75 Å². The van der Waals surface area contributed by atoms with Crippen LogP contribution in [0.1, 0.15) is 11.1 Å². The van der Waals surface area contributed by atoms with Crippen molar-refractivity contribution < 1.29 is 14.3 Å². The van der Waals surface area contributed by atoms with Crippen molar-refractivity contribution in [2.24, 2.45) is 0 Å². The monoisotopic (exact) mass is 412 g/mol. The topological polar surface area (TPSA) is 85.3 Å². The Kier molecular flexibility index (Phi) is 6.86. The number of amides is 2. The summed E-state index contributed by atoms with van der Waals surface area (Å²) in [5.74, 6) is 0.195. The van der Waals surface area contributed by atoms with Gasteiger partial charge in [0.25, 0.3) is 5.91 Å². The predicted octanol–water partition coefficient (Wildman–Crippen LogP) is 3.18. The summed E-state index contributed by atoms with van der Waals surface area (Å²) in [6, 6.07) is 14.3. The van der Waals surface area contributed by atoms with Crippen molar-refractivity contribution in [1.29, 1.82) is 0 Å². The van der Waals surface area contributed by atoms with E-state index in [4.69, 9.17) is 16.3 Å². The van der Waals surface area contributed by atoms with Gasteiger partial charge in [-0.05, 0) is 54.4 Å². The van der Waals surface area contributed by atoms with Crippen molar-refractivity contribution in [3.63, 3.8) is 0 Å². The lowest BCUT2D eigenvalue weighted by atomic mass is 10.2. The molecule has 150 valence electrons. The van der Waals surface area contributed by atoms with E-state index in [0.717, 1.165) is 11.1 Å². The van der Waals surface area contributed by atoms with E-state index in [1.807, 2.05) is 25.1 Å². The van der Waals surface area contributed by atoms with Crippen molar-refractivity contribution in [2.45, 2.75) is 20.0 Å². The third-order valence-electron chi connectivity index (χ3n) is 4.06. The quantitative estimate of drug-likeness (QED) is 0.595. The van der Waals surface area contributed by atoms with E-state index >= 15 is 0 Å². The van der Waals surface area contributed by atoms with E-state index in [1.165, 1.54) is 0 Å². The van der Waals surface area contributed by atoms with Crippen molar-refractivity contribution in [2.75, 3.05) is 11.9 Å². The number of anilines is 1. The van der Waals surface area contributed by atoms with Crippen LogP contribution in [-0.2, 0) is 22.7 Å². The average Bonchev–Trinajstić information content (AvgIpc) is 3.19. The minimum absolute atomic E-state index is 0.0945. The Labute approximate surface area is 173 Å². The maximum atomic E-state index is 12.1. The maximum Gasteiger partial charge on any atom is 0.258 e. The Bertz CT molecular complexity index is 989. The van der Waals surface area contributed by atoms with E-state index in [9.17, 15) is 9.59 Å². The van der Waals surface area contributed by atoms with Crippen LogP contribution in [0.3, 0.4) is 0 Å². The summed E-state index contributed by atoms with van der Waals surface area (Å²) >= 11 is 5.91. The Morgan fingerprint density at radius 2 is 2.00 bits per heavy atom. The standard InChI is InChI=1S/C21H21ClN4O3/c1-15-10-17(22)6-7-19(15)29-14-21(28)23-12-16-4-2-5-18(11-16)25-20(27)13-26-9-3-8-24-26/h2-11H,12-14H2,1H3,(H,23,28)(H,25,27). The fraction of sp³-hybridized carbons (Fsp3) is 0.190. The normalized spacial score (nSPS) is 10.4. The van der Waals surface area contributed by atoms with Crippen molar-refractivity contribution >= 4 is 29.1 Å². The molecule has 0 aliphatic heterocycles. The lowest BCUT2D eigenvalue weighted by Crippen LogP contribution is -2.28. The zero-order chi connectivity index (χ0) is 20.6. The number of nitrogens with one attached hydrogen (secondary N) is 2. The predicted molar refractivity (Wildman–Crippen MR) is 111 cm³/mol. The van der Waals surface area contributed by atoms with Gasteiger partial charge in [-0.2, -0.15) is 5.10 Å². The van der Waals surface area contributed by atoms with Crippen LogP contribution in [0.2, 0.25) is 5.02 Å². The molecule has 0 atom stereocenters. The lowest BCUT2D eigenvalue weighted by Gasteiger charge is -2.11. The van der Waals surface area contributed by atoms with Crippen LogP contribution in [0.4, 0.5) is 5.69 Å². The second kappa shape index (κ2) is 9.75. The molecule has 0 saturated carbocycles. The van der Waals surface area contributed by atoms with Gasteiger partial charge in [0.05, 0.1) is 0 Å². The Hall–Kier alpha value is -3.32. The van der Waals surface area contributed by atoms with Gasteiger partial charge in [-0.3, -0.25) is 14.3 Å². The highest BCUT2D eigenvalue weighted by atomic mass is 35.5. The number of aryl methyl sites for hydroxylation is 1. The number of benzene rings is 2. The third kappa shape index (κ3) is 6.36. The van der Waals surface area contributed by atoms with E-state index in [2.05, 4.69) is 15.7 Å². The molecule has 8 heteroatoms. The van der Waals surface area contributed by atoms with Gasteiger partial charge in [0.15, 0.2) is 6.61 Å². The molecule has 0 radical (unpaired) electrons. The first-order chi connectivity index (χ1) is 14.0. The minimum Gasteiger partial charge on any atom is -0.484 e. The molecule has 0 unspecified atom stereocenters. The second-order valence-corrected chi connectivity index (χ2v) is 6.86. The first kappa shape index (κ1) is 20.4. The second-order valence-electron chi connectivity index (χ2n) is 6.43. The highest BCUT2D eigenvalue weighted by molar-refractivity contribution is 6.30. The van der Waals surface area contributed by atoms with Gasteiger partial charge in [-0.15, -0.1) is 0 Å². The Morgan fingerprint density at radius 1 is 1.14 bits per heavy atom. The van der Waals surface area contributed by atoms with Gasteiger partial charge in [0.1, 0.15) is 12.3 Å². The minimum atomic E-state index is -0.243. The average molecular weight is 413 g/mol. The zero-order valence-corrected chi connectivity index (χ0v) is 16.6. The molecule has 2 aromatic carbocycles. The van der Waals surface area contributed by atoms with Gasteiger partial charge in [-0.25, -0.2) is 0 Å². The highest BCUT2D eigenvalue weighted by Gasteiger charge is 2.07. The number of carbonyl (C=O) groups excluding carboxylic acids is 2. The molecule has 1 aromatic heterocycles. The number of aromatic nitrogens is 2. The first-order valence-corrected chi connectivity index (χ1v) is 9.39. The molecule has 0 bridgehead atoms. The molecular formula is C21H21ClN4O3. The molecule has 0 fully saturated rings. The van der Waals surface area contributed by atoms with E-state index < -0.39 is 0 Å². The van der Waals surface area contributed by atoms with Crippen LogP contribution in [-0.4, -0.2) is 28.2 Å². The largest absolute Gasteiger partial charge is 0.484 e. The molecule has 1 heterocycles. The molecule has 29 heavy (non-hydrogen) atoms. The summed E-state index contributed by atoms with van der Waals surface area (Å²) in [4.78, 5) is 24.1. The lowest BCUT2D eigenvalue weighted by molar-refractivity contribution is -0.123. The van der Waals surface area contributed by atoms with Crippen molar-refractivity contribution in [3.05, 3.63) is 77.1 Å². The SMILES string of the molecule is Cc1cc(Cl)ccc1OCC(=O)NCc1cccc(NC(=O)Cn2cccn2)c1. The van der Waals surface area contributed by atoms with Crippen LogP contribution in [0, 0.1) is 6.92 Å². The smallest absolute Gasteiger partial charge is 0.258 e. The first-order valence-electron chi connectivity index (χ1n) is 9.01. The van der Waals surface area contributed by atoms with E-state index in [-0.39, 0.29) is 25.0 Å². The summed E-state index contributed by atoms with van der Waals surface area (Å²) < 4.78 is 7.08. The Balaban J connectivity index is 1.47. The molecule has 0 aliphatic rings. The fourth-order valence-electron chi connectivity index (χ4n) is 2.67. The van der Waals surface area contributed by atoms with Crippen LogP contribution >= 0.6 is 11.6 Å². The number of rotatable bonds is 8. The molecule has 7 nitrogen and oxygen atoms in total.